The number of hydrogen-bond acceptors (Lipinski definition) is 4. The number of anilines is 1. The molecule has 156 valence electrons. The zero-order valence-corrected chi connectivity index (χ0v) is 16.8. The molecule has 2 aromatic carbocycles. The van der Waals surface area contributed by atoms with Crippen molar-refractivity contribution in [1.29, 1.82) is 0 Å². The van der Waals surface area contributed by atoms with E-state index in [0.717, 1.165) is 6.26 Å². The molecule has 7 nitrogen and oxygen atoms in total. The molecular formula is C19H22F2N4O3S. The van der Waals surface area contributed by atoms with E-state index in [2.05, 4.69) is 20.9 Å². The molecule has 0 heterocycles. The van der Waals surface area contributed by atoms with Gasteiger partial charge in [-0.25, -0.2) is 17.2 Å². The Labute approximate surface area is 168 Å². The molecule has 0 saturated carbocycles. The van der Waals surface area contributed by atoms with Gasteiger partial charge in [-0.2, -0.15) is 0 Å². The highest BCUT2D eigenvalue weighted by Gasteiger charge is 2.11. The summed E-state index contributed by atoms with van der Waals surface area (Å²) in [5, 5.41) is 8.22. The fourth-order valence-corrected chi connectivity index (χ4v) is 3.36. The number of nitrogens with one attached hydrogen (secondary N) is 3. The lowest BCUT2D eigenvalue weighted by molar-refractivity contribution is -0.115. The van der Waals surface area contributed by atoms with Crippen LogP contribution in [0.2, 0.25) is 0 Å². The smallest absolute Gasteiger partial charge is 0.243 e. The topological polar surface area (TPSA) is 99.7 Å². The average molecular weight is 424 g/mol. The summed E-state index contributed by atoms with van der Waals surface area (Å²) in [5.41, 5.74) is 1.26. The molecule has 0 bridgehead atoms. The Kier molecular flexibility index (Phi) is 7.66. The first kappa shape index (κ1) is 22.3. The second-order valence-corrected chi connectivity index (χ2v) is 8.46. The van der Waals surface area contributed by atoms with Crippen LogP contribution in [0, 0.1) is 11.6 Å². The lowest BCUT2D eigenvalue weighted by Gasteiger charge is -2.14. The summed E-state index contributed by atoms with van der Waals surface area (Å²) in [6.45, 7) is -0.0384. The number of aliphatic imine (C=N–C) groups is 1. The van der Waals surface area contributed by atoms with Crippen molar-refractivity contribution < 1.29 is 22.0 Å². The van der Waals surface area contributed by atoms with Crippen molar-refractivity contribution >= 4 is 27.4 Å². The van der Waals surface area contributed by atoms with E-state index in [-0.39, 0.29) is 24.8 Å². The van der Waals surface area contributed by atoms with Crippen LogP contribution in [-0.2, 0) is 26.9 Å². The number of carbonyl (C=O) groups excluding carboxylic acids is 1. The highest BCUT2D eigenvalue weighted by molar-refractivity contribution is 7.89. The Bertz CT molecular complexity index is 1010. The van der Waals surface area contributed by atoms with Gasteiger partial charge < -0.3 is 16.0 Å². The van der Waals surface area contributed by atoms with Gasteiger partial charge >= 0.3 is 0 Å². The number of halogens is 2. The number of sulfone groups is 1. The van der Waals surface area contributed by atoms with Crippen LogP contribution in [0.4, 0.5) is 14.5 Å². The molecule has 29 heavy (non-hydrogen) atoms. The Morgan fingerprint density at radius 2 is 1.76 bits per heavy atom. The molecule has 2 rings (SSSR count). The van der Waals surface area contributed by atoms with E-state index in [1.807, 2.05) is 0 Å². The van der Waals surface area contributed by atoms with Gasteiger partial charge in [0.15, 0.2) is 15.8 Å². The molecule has 0 aliphatic heterocycles. The minimum absolute atomic E-state index is 0.105. The number of guanidine groups is 1. The van der Waals surface area contributed by atoms with Crippen molar-refractivity contribution in [2.75, 3.05) is 25.2 Å². The van der Waals surface area contributed by atoms with Gasteiger partial charge in [0.2, 0.25) is 5.91 Å². The van der Waals surface area contributed by atoms with Gasteiger partial charge in [-0.1, -0.05) is 12.1 Å². The maximum Gasteiger partial charge on any atom is 0.243 e. The van der Waals surface area contributed by atoms with Gasteiger partial charge in [0.1, 0.15) is 11.6 Å². The van der Waals surface area contributed by atoms with Crippen molar-refractivity contribution in [3.8, 4) is 0 Å². The van der Waals surface area contributed by atoms with E-state index >= 15 is 0 Å². The maximum absolute atomic E-state index is 13.6. The van der Waals surface area contributed by atoms with Crippen molar-refractivity contribution in [3.63, 3.8) is 0 Å². The van der Waals surface area contributed by atoms with E-state index < -0.39 is 27.4 Å². The van der Waals surface area contributed by atoms with Crippen LogP contribution < -0.4 is 16.0 Å². The monoisotopic (exact) mass is 424 g/mol. The number of hydrogen-bond donors (Lipinski definition) is 3. The summed E-state index contributed by atoms with van der Waals surface area (Å²) < 4.78 is 49.8. The third kappa shape index (κ3) is 7.86. The third-order valence-electron chi connectivity index (χ3n) is 3.78. The van der Waals surface area contributed by atoms with Crippen molar-refractivity contribution in [2.24, 2.45) is 4.99 Å². The lowest BCUT2D eigenvalue weighted by Crippen LogP contribution is -2.41. The van der Waals surface area contributed by atoms with Crippen molar-refractivity contribution in [2.45, 2.75) is 12.3 Å². The van der Waals surface area contributed by atoms with Crippen LogP contribution in [-0.4, -0.2) is 40.1 Å². The van der Waals surface area contributed by atoms with E-state index in [1.54, 1.807) is 6.07 Å². The minimum atomic E-state index is -3.29. The number of carbonyl (C=O) groups is 1. The molecule has 0 atom stereocenters. The molecule has 1 amide bonds. The SMILES string of the molecule is CN=C(NCC(=O)Nc1cccc(F)c1)NCc1cc(F)ccc1CS(C)(=O)=O. The molecule has 0 radical (unpaired) electrons. The van der Waals surface area contributed by atoms with Gasteiger partial charge in [0.25, 0.3) is 0 Å². The summed E-state index contributed by atoms with van der Waals surface area (Å²) in [5.74, 6) is -1.33. The largest absolute Gasteiger partial charge is 0.352 e. The van der Waals surface area contributed by atoms with Crippen molar-refractivity contribution in [1.82, 2.24) is 10.6 Å². The second kappa shape index (κ2) is 9.97. The zero-order chi connectivity index (χ0) is 21.4. The number of benzene rings is 2. The van der Waals surface area contributed by atoms with Gasteiger partial charge in [-0.3, -0.25) is 9.79 Å². The van der Waals surface area contributed by atoms with Crippen molar-refractivity contribution in [3.05, 3.63) is 65.2 Å². The molecule has 10 heteroatoms. The zero-order valence-electron chi connectivity index (χ0n) is 16.0. The molecule has 0 aliphatic carbocycles. The Balaban J connectivity index is 1.94. The van der Waals surface area contributed by atoms with Crippen LogP contribution in [0.25, 0.3) is 0 Å². The summed E-state index contributed by atoms with van der Waals surface area (Å²) in [6, 6.07) is 9.37. The fraction of sp³-hybridized carbons (Fsp3) is 0.263. The molecule has 0 spiro atoms. The molecule has 3 N–H and O–H groups in total. The standard InChI is InChI=1S/C19H22F2N4O3S/c1-22-19(24-11-18(26)25-17-5-3-4-15(20)9-17)23-10-14-8-16(21)7-6-13(14)12-29(2,27)28/h3-9H,10-12H2,1-2H3,(H,25,26)(H2,22,23,24). The lowest BCUT2D eigenvalue weighted by atomic mass is 10.1. The van der Waals surface area contributed by atoms with Gasteiger partial charge in [0.05, 0.1) is 12.3 Å². The van der Waals surface area contributed by atoms with Crippen LogP contribution in [0.5, 0.6) is 0 Å². The maximum atomic E-state index is 13.6. The highest BCUT2D eigenvalue weighted by Crippen LogP contribution is 2.14. The highest BCUT2D eigenvalue weighted by atomic mass is 32.2. The number of rotatable bonds is 7. The van der Waals surface area contributed by atoms with E-state index in [9.17, 15) is 22.0 Å². The molecule has 0 unspecified atom stereocenters. The fourth-order valence-electron chi connectivity index (χ4n) is 2.52. The third-order valence-corrected chi connectivity index (χ3v) is 4.62. The number of amides is 1. The van der Waals surface area contributed by atoms with E-state index in [1.165, 1.54) is 43.4 Å². The molecule has 2 aromatic rings. The molecule has 0 aliphatic rings. The summed E-state index contributed by atoms with van der Waals surface area (Å²) in [7, 11) is -1.80. The first-order valence-corrected chi connectivity index (χ1v) is 10.7. The molecule has 0 saturated heterocycles. The quantitative estimate of drug-likeness (QED) is 0.465. The Hall–Kier alpha value is -3.01. The predicted octanol–water partition coefficient (Wildman–Crippen LogP) is 1.81. The second-order valence-electron chi connectivity index (χ2n) is 6.32. The molecular weight excluding hydrogens is 402 g/mol. The van der Waals surface area contributed by atoms with Crippen LogP contribution >= 0.6 is 0 Å². The summed E-state index contributed by atoms with van der Waals surface area (Å²) >= 11 is 0. The Morgan fingerprint density at radius 1 is 1.03 bits per heavy atom. The number of nitrogens with zero attached hydrogens (tertiary/aromatic N) is 1. The first-order chi connectivity index (χ1) is 13.7. The molecule has 0 fully saturated rings. The minimum Gasteiger partial charge on any atom is -0.352 e. The van der Waals surface area contributed by atoms with Crippen LogP contribution in [0.15, 0.2) is 47.5 Å². The summed E-state index contributed by atoms with van der Waals surface area (Å²) in [6.07, 6.45) is 1.10. The van der Waals surface area contributed by atoms with E-state index in [4.69, 9.17) is 0 Å². The van der Waals surface area contributed by atoms with Gasteiger partial charge in [-0.15, -0.1) is 0 Å². The normalized spacial score (nSPS) is 11.8. The predicted molar refractivity (Wildman–Crippen MR) is 108 cm³/mol. The summed E-state index contributed by atoms with van der Waals surface area (Å²) in [4.78, 5) is 15.9. The van der Waals surface area contributed by atoms with Crippen LogP contribution in [0.3, 0.4) is 0 Å². The molecule has 0 aromatic heterocycles. The first-order valence-electron chi connectivity index (χ1n) is 8.61. The van der Waals surface area contributed by atoms with Gasteiger partial charge in [-0.05, 0) is 41.5 Å². The Morgan fingerprint density at radius 3 is 2.41 bits per heavy atom. The van der Waals surface area contributed by atoms with Gasteiger partial charge in [0, 0.05) is 25.5 Å². The van der Waals surface area contributed by atoms with Crippen LogP contribution in [0.1, 0.15) is 11.1 Å². The average Bonchev–Trinajstić information content (AvgIpc) is 2.63. The van der Waals surface area contributed by atoms with E-state index in [0.29, 0.717) is 16.8 Å².